The number of halogens is 1. The van der Waals surface area contributed by atoms with Gasteiger partial charge in [0, 0.05) is 25.7 Å². The molecule has 1 aliphatic heterocycles. The van der Waals surface area contributed by atoms with Crippen LogP contribution in [0.1, 0.15) is 33.1 Å². The summed E-state index contributed by atoms with van der Waals surface area (Å²) in [6, 6.07) is 0.547. The highest BCUT2D eigenvalue weighted by Gasteiger charge is 2.25. The van der Waals surface area contributed by atoms with E-state index in [1.165, 1.54) is 4.68 Å². The molecule has 2 rings (SSSR count). The van der Waals surface area contributed by atoms with Crippen LogP contribution in [0, 0.1) is 5.92 Å². The third-order valence-electron chi connectivity index (χ3n) is 4.44. The van der Waals surface area contributed by atoms with Gasteiger partial charge in [-0.05, 0) is 55.1 Å². The molecule has 0 saturated carbocycles. The van der Waals surface area contributed by atoms with Crippen molar-refractivity contribution in [1.82, 2.24) is 15.1 Å². The Bertz CT molecular complexity index is 523. The second-order valence-corrected chi connectivity index (χ2v) is 6.57. The summed E-state index contributed by atoms with van der Waals surface area (Å²) in [5.74, 6) is 0.707. The lowest BCUT2D eigenvalue weighted by atomic mass is 9.90. The van der Waals surface area contributed by atoms with Gasteiger partial charge in [-0.25, -0.2) is 4.68 Å². The van der Waals surface area contributed by atoms with Crippen LogP contribution in [0.5, 0.6) is 0 Å². The Balaban J connectivity index is 2.10. The van der Waals surface area contributed by atoms with Gasteiger partial charge < -0.3 is 10.2 Å². The Hall–Kier alpha value is -0.880. The molecule has 1 N–H and O–H groups in total. The van der Waals surface area contributed by atoms with Crippen LogP contribution in [0.3, 0.4) is 0 Å². The van der Waals surface area contributed by atoms with Gasteiger partial charge in [0.25, 0.3) is 5.56 Å². The first-order valence-electron chi connectivity index (χ1n) is 7.76. The molecule has 0 aliphatic carbocycles. The molecule has 0 amide bonds. The van der Waals surface area contributed by atoms with E-state index in [2.05, 4.69) is 38.2 Å². The zero-order valence-corrected chi connectivity index (χ0v) is 14.7. The second kappa shape index (κ2) is 7.40. The molecule has 1 atom stereocenters. The molecule has 1 unspecified atom stereocenters. The van der Waals surface area contributed by atoms with Crippen molar-refractivity contribution in [2.24, 2.45) is 5.92 Å². The molecular weight excluding hydrogens is 332 g/mol. The summed E-state index contributed by atoms with van der Waals surface area (Å²) in [7, 11) is 2.02. The number of aromatic nitrogens is 2. The average molecular weight is 357 g/mol. The average Bonchev–Trinajstić information content (AvgIpc) is 2.52. The minimum Gasteiger partial charge on any atom is -0.369 e. The highest BCUT2D eigenvalue weighted by molar-refractivity contribution is 9.10. The van der Waals surface area contributed by atoms with Crippen LogP contribution >= 0.6 is 15.9 Å². The third kappa shape index (κ3) is 3.66. The van der Waals surface area contributed by atoms with Crippen molar-refractivity contribution in [2.45, 2.75) is 45.7 Å². The topological polar surface area (TPSA) is 50.2 Å². The molecular formula is C15H25BrN4O. The quantitative estimate of drug-likeness (QED) is 0.878. The minimum absolute atomic E-state index is 0.0277. The maximum absolute atomic E-state index is 12.3. The summed E-state index contributed by atoms with van der Waals surface area (Å²) in [6.45, 7) is 6.91. The summed E-state index contributed by atoms with van der Waals surface area (Å²) in [6.07, 6.45) is 5.02. The Kier molecular flexibility index (Phi) is 5.81. The molecule has 1 aromatic rings. The monoisotopic (exact) mass is 356 g/mol. The fourth-order valence-electron chi connectivity index (χ4n) is 2.92. The molecule has 6 heteroatoms. The molecule has 1 fully saturated rings. The number of nitrogens with one attached hydrogen (secondary N) is 1. The molecule has 0 aromatic carbocycles. The van der Waals surface area contributed by atoms with E-state index in [1.54, 1.807) is 0 Å². The number of hydrogen-bond donors (Lipinski definition) is 1. The fourth-order valence-corrected chi connectivity index (χ4v) is 3.48. The maximum Gasteiger partial charge on any atom is 0.283 e. The summed E-state index contributed by atoms with van der Waals surface area (Å²) in [5, 5.41) is 7.63. The smallest absolute Gasteiger partial charge is 0.283 e. The van der Waals surface area contributed by atoms with Crippen LogP contribution in [0.25, 0.3) is 0 Å². The lowest BCUT2D eigenvalue weighted by Crippen LogP contribution is -2.41. The zero-order chi connectivity index (χ0) is 15.4. The van der Waals surface area contributed by atoms with Gasteiger partial charge in [-0.1, -0.05) is 6.92 Å². The minimum atomic E-state index is -0.0277. The SMILES string of the molecule is CCCn1ncc(N2CCC(C(C)NC)CC2)c(Br)c1=O. The Labute approximate surface area is 134 Å². The van der Waals surface area contributed by atoms with Crippen molar-refractivity contribution in [3.05, 3.63) is 21.0 Å². The van der Waals surface area contributed by atoms with Crippen molar-refractivity contribution in [2.75, 3.05) is 25.0 Å². The van der Waals surface area contributed by atoms with Crippen LogP contribution in [0.2, 0.25) is 0 Å². The van der Waals surface area contributed by atoms with Crippen molar-refractivity contribution in [3.63, 3.8) is 0 Å². The predicted molar refractivity (Wildman–Crippen MR) is 89.9 cm³/mol. The summed E-state index contributed by atoms with van der Waals surface area (Å²) >= 11 is 3.47. The van der Waals surface area contributed by atoms with Gasteiger partial charge >= 0.3 is 0 Å². The third-order valence-corrected chi connectivity index (χ3v) is 5.19. The molecule has 118 valence electrons. The van der Waals surface area contributed by atoms with Gasteiger partial charge in [0.1, 0.15) is 4.47 Å². The van der Waals surface area contributed by atoms with Crippen molar-refractivity contribution in [3.8, 4) is 0 Å². The number of nitrogens with zero attached hydrogens (tertiary/aromatic N) is 3. The highest BCUT2D eigenvalue weighted by Crippen LogP contribution is 2.28. The zero-order valence-electron chi connectivity index (χ0n) is 13.1. The van der Waals surface area contributed by atoms with Crippen molar-refractivity contribution < 1.29 is 0 Å². The first kappa shape index (κ1) is 16.5. The number of rotatable bonds is 5. The molecule has 1 aliphatic rings. The largest absolute Gasteiger partial charge is 0.369 e. The van der Waals surface area contributed by atoms with Crippen LogP contribution in [-0.2, 0) is 6.54 Å². The molecule has 0 radical (unpaired) electrons. The molecule has 1 aromatic heterocycles. The molecule has 0 bridgehead atoms. The molecule has 21 heavy (non-hydrogen) atoms. The van der Waals surface area contributed by atoms with Gasteiger partial charge in [0.2, 0.25) is 0 Å². The van der Waals surface area contributed by atoms with E-state index in [0.29, 0.717) is 23.0 Å². The molecule has 2 heterocycles. The van der Waals surface area contributed by atoms with E-state index in [1.807, 2.05) is 20.2 Å². The van der Waals surface area contributed by atoms with E-state index >= 15 is 0 Å². The lowest BCUT2D eigenvalue weighted by Gasteiger charge is -2.36. The maximum atomic E-state index is 12.3. The first-order chi connectivity index (χ1) is 10.1. The van der Waals surface area contributed by atoms with E-state index in [9.17, 15) is 4.79 Å². The number of anilines is 1. The Morgan fingerprint density at radius 2 is 2.14 bits per heavy atom. The van der Waals surface area contributed by atoms with Crippen LogP contribution < -0.4 is 15.8 Å². The van der Waals surface area contributed by atoms with Crippen LogP contribution in [-0.4, -0.2) is 36.0 Å². The van der Waals surface area contributed by atoms with E-state index < -0.39 is 0 Å². The number of piperidine rings is 1. The first-order valence-corrected chi connectivity index (χ1v) is 8.55. The second-order valence-electron chi connectivity index (χ2n) is 5.77. The lowest BCUT2D eigenvalue weighted by molar-refractivity contribution is 0.323. The van der Waals surface area contributed by atoms with E-state index in [0.717, 1.165) is 38.0 Å². The molecule has 5 nitrogen and oxygen atoms in total. The van der Waals surface area contributed by atoms with E-state index in [4.69, 9.17) is 0 Å². The van der Waals surface area contributed by atoms with Gasteiger partial charge in [0.15, 0.2) is 0 Å². The van der Waals surface area contributed by atoms with Crippen LogP contribution in [0.4, 0.5) is 5.69 Å². The summed E-state index contributed by atoms with van der Waals surface area (Å²) < 4.78 is 2.18. The van der Waals surface area contributed by atoms with Crippen molar-refractivity contribution >= 4 is 21.6 Å². The highest BCUT2D eigenvalue weighted by atomic mass is 79.9. The molecule has 1 saturated heterocycles. The summed E-state index contributed by atoms with van der Waals surface area (Å²) in [5.41, 5.74) is 0.906. The standard InChI is InChI=1S/C15H25BrN4O/c1-4-7-20-15(21)14(16)13(10-18-20)19-8-5-12(6-9-19)11(2)17-3/h10-12,17H,4-9H2,1-3H3. The van der Waals surface area contributed by atoms with Gasteiger partial charge in [-0.15, -0.1) is 0 Å². The van der Waals surface area contributed by atoms with Gasteiger partial charge in [-0.2, -0.15) is 5.10 Å². The van der Waals surface area contributed by atoms with Crippen LogP contribution in [0.15, 0.2) is 15.5 Å². The number of hydrogen-bond acceptors (Lipinski definition) is 4. The molecule has 0 spiro atoms. The van der Waals surface area contributed by atoms with Gasteiger partial charge in [0.05, 0.1) is 11.9 Å². The van der Waals surface area contributed by atoms with Crippen molar-refractivity contribution in [1.29, 1.82) is 0 Å². The van der Waals surface area contributed by atoms with Gasteiger partial charge in [-0.3, -0.25) is 4.79 Å². The van der Waals surface area contributed by atoms with E-state index in [-0.39, 0.29) is 5.56 Å². The Morgan fingerprint density at radius 3 is 2.71 bits per heavy atom. The number of aryl methyl sites for hydroxylation is 1. The summed E-state index contributed by atoms with van der Waals surface area (Å²) in [4.78, 5) is 14.5. The normalized spacial score (nSPS) is 18.0. The fraction of sp³-hybridized carbons (Fsp3) is 0.733. The predicted octanol–water partition coefficient (Wildman–Crippen LogP) is 2.24. The Morgan fingerprint density at radius 1 is 1.48 bits per heavy atom.